The molecule has 0 saturated heterocycles. The number of carbonyl (C=O) groups excluding carboxylic acids is 1. The SMILES string of the molecule is CC(C)NCC(=O)NCc1ccc(-c2ccc(CN=C(N)N)cc2)cc1. The van der Waals surface area contributed by atoms with Gasteiger partial charge in [-0.2, -0.15) is 0 Å². The van der Waals surface area contributed by atoms with E-state index in [2.05, 4.69) is 27.8 Å². The molecule has 2 rings (SSSR count). The number of benzene rings is 2. The van der Waals surface area contributed by atoms with Crippen LogP contribution < -0.4 is 22.1 Å². The molecule has 0 heterocycles. The Morgan fingerprint density at radius 3 is 2.00 bits per heavy atom. The fourth-order valence-corrected chi connectivity index (χ4v) is 2.36. The smallest absolute Gasteiger partial charge is 0.234 e. The maximum Gasteiger partial charge on any atom is 0.234 e. The highest BCUT2D eigenvalue weighted by Crippen LogP contribution is 2.20. The molecule has 0 aliphatic carbocycles. The predicted octanol–water partition coefficient (Wildman–Crippen LogP) is 1.74. The molecule has 0 atom stereocenters. The first-order valence-electron chi connectivity index (χ1n) is 8.68. The molecule has 0 fully saturated rings. The van der Waals surface area contributed by atoms with Crippen LogP contribution in [0.1, 0.15) is 25.0 Å². The summed E-state index contributed by atoms with van der Waals surface area (Å²) in [7, 11) is 0. The van der Waals surface area contributed by atoms with Crippen LogP contribution in [0, 0.1) is 0 Å². The van der Waals surface area contributed by atoms with Gasteiger partial charge in [-0.3, -0.25) is 4.79 Å². The lowest BCUT2D eigenvalue weighted by Crippen LogP contribution is -2.36. The van der Waals surface area contributed by atoms with Gasteiger partial charge in [0.2, 0.25) is 5.91 Å². The molecule has 1 amide bonds. The number of aliphatic imine (C=N–C) groups is 1. The van der Waals surface area contributed by atoms with Crippen molar-refractivity contribution < 1.29 is 4.79 Å². The van der Waals surface area contributed by atoms with Crippen LogP contribution in [-0.4, -0.2) is 24.5 Å². The lowest BCUT2D eigenvalue weighted by molar-refractivity contribution is -0.120. The molecule has 0 saturated carbocycles. The average molecular weight is 353 g/mol. The van der Waals surface area contributed by atoms with E-state index in [1.165, 1.54) is 0 Å². The summed E-state index contributed by atoms with van der Waals surface area (Å²) < 4.78 is 0. The topological polar surface area (TPSA) is 106 Å². The summed E-state index contributed by atoms with van der Waals surface area (Å²) in [5.74, 6) is 0.0934. The van der Waals surface area contributed by atoms with Gasteiger partial charge in [-0.1, -0.05) is 62.4 Å². The lowest BCUT2D eigenvalue weighted by Gasteiger charge is -2.09. The molecule has 0 unspecified atom stereocenters. The third-order valence-electron chi connectivity index (χ3n) is 3.85. The first-order chi connectivity index (χ1) is 12.4. The Bertz CT molecular complexity index is 732. The van der Waals surface area contributed by atoms with Gasteiger partial charge in [-0.15, -0.1) is 0 Å². The second-order valence-corrected chi connectivity index (χ2v) is 6.45. The molecule has 6 heteroatoms. The number of hydrogen-bond donors (Lipinski definition) is 4. The summed E-state index contributed by atoms with van der Waals surface area (Å²) in [4.78, 5) is 15.7. The van der Waals surface area contributed by atoms with E-state index in [1.54, 1.807) is 0 Å². The molecule has 0 aliphatic heterocycles. The zero-order valence-electron chi connectivity index (χ0n) is 15.3. The monoisotopic (exact) mass is 353 g/mol. The van der Waals surface area contributed by atoms with Gasteiger partial charge in [-0.05, 0) is 22.3 Å². The first-order valence-corrected chi connectivity index (χ1v) is 8.68. The van der Waals surface area contributed by atoms with Crippen molar-refractivity contribution in [2.45, 2.75) is 33.0 Å². The van der Waals surface area contributed by atoms with E-state index >= 15 is 0 Å². The van der Waals surface area contributed by atoms with Gasteiger partial charge >= 0.3 is 0 Å². The van der Waals surface area contributed by atoms with Crippen LogP contribution in [-0.2, 0) is 17.9 Å². The Kier molecular flexibility index (Phi) is 7.17. The summed E-state index contributed by atoms with van der Waals surface area (Å²) in [5.41, 5.74) is 15.1. The number of nitrogens with zero attached hydrogens (tertiary/aromatic N) is 1. The highest BCUT2D eigenvalue weighted by molar-refractivity contribution is 5.78. The van der Waals surface area contributed by atoms with Crippen molar-refractivity contribution in [3.63, 3.8) is 0 Å². The molecule has 0 bridgehead atoms. The normalized spacial score (nSPS) is 10.6. The van der Waals surface area contributed by atoms with Gasteiger partial charge in [-0.25, -0.2) is 4.99 Å². The van der Waals surface area contributed by atoms with E-state index in [-0.39, 0.29) is 11.9 Å². The van der Waals surface area contributed by atoms with Crippen LogP contribution in [0.4, 0.5) is 0 Å². The number of rotatable bonds is 8. The zero-order chi connectivity index (χ0) is 18.9. The summed E-state index contributed by atoms with van der Waals surface area (Å²) in [5, 5.41) is 6.01. The number of guanidine groups is 1. The van der Waals surface area contributed by atoms with Gasteiger partial charge < -0.3 is 22.1 Å². The standard InChI is InChI=1S/C20H27N5O/c1-14(2)23-13-19(26)24-11-15-3-7-17(8-4-15)18-9-5-16(6-10-18)12-25-20(21)22/h3-10,14,23H,11-13H2,1-2H3,(H,24,26)(H4,21,22,25). The van der Waals surface area contributed by atoms with Crippen LogP contribution in [0.25, 0.3) is 11.1 Å². The largest absolute Gasteiger partial charge is 0.370 e. The first kappa shape index (κ1) is 19.5. The number of nitrogens with two attached hydrogens (primary N) is 2. The summed E-state index contributed by atoms with van der Waals surface area (Å²) >= 11 is 0. The molecule has 0 radical (unpaired) electrons. The number of amides is 1. The van der Waals surface area contributed by atoms with Gasteiger partial charge in [0.1, 0.15) is 0 Å². The van der Waals surface area contributed by atoms with Crippen molar-refractivity contribution in [3.05, 3.63) is 59.7 Å². The van der Waals surface area contributed by atoms with Crippen LogP contribution in [0.2, 0.25) is 0 Å². The number of carbonyl (C=O) groups is 1. The zero-order valence-corrected chi connectivity index (χ0v) is 15.3. The van der Waals surface area contributed by atoms with Crippen LogP contribution in [0.15, 0.2) is 53.5 Å². The predicted molar refractivity (Wildman–Crippen MR) is 106 cm³/mol. The summed E-state index contributed by atoms with van der Waals surface area (Å²) in [6.07, 6.45) is 0. The van der Waals surface area contributed by atoms with E-state index in [9.17, 15) is 4.79 Å². The van der Waals surface area contributed by atoms with E-state index in [0.717, 1.165) is 22.3 Å². The van der Waals surface area contributed by atoms with Crippen molar-refractivity contribution in [2.24, 2.45) is 16.5 Å². The van der Waals surface area contributed by atoms with E-state index in [4.69, 9.17) is 11.5 Å². The summed E-state index contributed by atoms with van der Waals surface area (Å²) in [6.45, 7) is 5.37. The third kappa shape index (κ3) is 6.57. The quantitative estimate of drug-likeness (QED) is 0.428. The fourth-order valence-electron chi connectivity index (χ4n) is 2.36. The number of nitrogens with one attached hydrogen (secondary N) is 2. The van der Waals surface area contributed by atoms with Gasteiger partial charge in [0.25, 0.3) is 0 Å². The van der Waals surface area contributed by atoms with Crippen LogP contribution in [0.3, 0.4) is 0 Å². The van der Waals surface area contributed by atoms with Crippen molar-refractivity contribution in [1.29, 1.82) is 0 Å². The molecular formula is C20H27N5O. The lowest BCUT2D eigenvalue weighted by atomic mass is 10.0. The molecule has 6 nitrogen and oxygen atoms in total. The Labute approximate surface area is 154 Å². The Balaban J connectivity index is 1.90. The minimum absolute atomic E-state index is 0.000796. The maximum absolute atomic E-state index is 11.7. The Hall–Kier alpha value is -2.86. The molecule has 0 spiro atoms. The third-order valence-corrected chi connectivity index (χ3v) is 3.85. The Morgan fingerprint density at radius 1 is 0.962 bits per heavy atom. The second kappa shape index (κ2) is 9.58. The van der Waals surface area contributed by atoms with Crippen molar-refractivity contribution in [3.8, 4) is 11.1 Å². The second-order valence-electron chi connectivity index (χ2n) is 6.45. The molecule has 6 N–H and O–H groups in total. The van der Waals surface area contributed by atoms with Crippen molar-refractivity contribution in [2.75, 3.05) is 6.54 Å². The fraction of sp³-hybridized carbons (Fsp3) is 0.300. The maximum atomic E-state index is 11.7. The van der Waals surface area contributed by atoms with Crippen LogP contribution in [0.5, 0.6) is 0 Å². The molecule has 2 aromatic rings. The minimum atomic E-state index is -0.000796. The molecule has 26 heavy (non-hydrogen) atoms. The van der Waals surface area contributed by atoms with Crippen molar-refractivity contribution >= 4 is 11.9 Å². The average Bonchev–Trinajstić information content (AvgIpc) is 2.64. The molecule has 2 aromatic carbocycles. The van der Waals surface area contributed by atoms with Crippen molar-refractivity contribution in [1.82, 2.24) is 10.6 Å². The molecular weight excluding hydrogens is 326 g/mol. The minimum Gasteiger partial charge on any atom is -0.370 e. The Morgan fingerprint density at radius 2 is 1.50 bits per heavy atom. The van der Waals surface area contributed by atoms with E-state index < -0.39 is 0 Å². The van der Waals surface area contributed by atoms with E-state index in [0.29, 0.717) is 25.7 Å². The van der Waals surface area contributed by atoms with Gasteiger partial charge in [0.15, 0.2) is 5.96 Å². The van der Waals surface area contributed by atoms with Gasteiger partial charge in [0, 0.05) is 12.6 Å². The van der Waals surface area contributed by atoms with E-state index in [1.807, 2.05) is 50.2 Å². The van der Waals surface area contributed by atoms with Crippen LogP contribution >= 0.6 is 0 Å². The molecule has 138 valence electrons. The highest BCUT2D eigenvalue weighted by atomic mass is 16.1. The summed E-state index contributed by atoms with van der Waals surface area (Å²) in [6, 6.07) is 16.6. The van der Waals surface area contributed by atoms with Gasteiger partial charge in [0.05, 0.1) is 13.1 Å². The number of hydrogen-bond acceptors (Lipinski definition) is 3. The molecule has 0 aromatic heterocycles. The highest BCUT2D eigenvalue weighted by Gasteiger charge is 2.03. The molecule has 0 aliphatic rings.